The van der Waals surface area contributed by atoms with E-state index in [0.717, 1.165) is 21.3 Å². The molecule has 0 aliphatic heterocycles. The zero-order chi connectivity index (χ0) is 19.7. The highest BCUT2D eigenvalue weighted by molar-refractivity contribution is 7.22. The highest BCUT2D eigenvalue weighted by atomic mass is 32.1. The van der Waals surface area contributed by atoms with E-state index < -0.39 is 0 Å². The molecule has 142 valence electrons. The second kappa shape index (κ2) is 7.48. The lowest BCUT2D eigenvalue weighted by Gasteiger charge is -2.20. The minimum Gasteiger partial charge on any atom is -0.496 e. The fourth-order valence-corrected chi connectivity index (χ4v) is 4.22. The number of fused-ring (bicyclic) bond motifs is 1. The van der Waals surface area contributed by atoms with Gasteiger partial charge in [0.05, 0.1) is 35.7 Å². The van der Waals surface area contributed by atoms with Gasteiger partial charge in [-0.1, -0.05) is 35.6 Å². The number of methoxy groups -OCH3 is 1. The van der Waals surface area contributed by atoms with Gasteiger partial charge in [-0.05, 0) is 49.2 Å². The van der Waals surface area contributed by atoms with Crippen molar-refractivity contribution in [3.63, 3.8) is 0 Å². The maximum atomic E-state index is 13.5. The second-order valence-electron chi connectivity index (χ2n) is 6.54. The van der Waals surface area contributed by atoms with Crippen molar-refractivity contribution in [1.82, 2.24) is 4.98 Å². The number of benzene rings is 2. The molecule has 4 rings (SSSR count). The van der Waals surface area contributed by atoms with Crippen LogP contribution in [0.3, 0.4) is 0 Å². The van der Waals surface area contributed by atoms with Crippen LogP contribution in [0.1, 0.15) is 27.2 Å². The summed E-state index contributed by atoms with van der Waals surface area (Å²) in [6.45, 7) is 4.38. The zero-order valence-electron chi connectivity index (χ0n) is 15.9. The molecule has 2 heterocycles. The van der Waals surface area contributed by atoms with Crippen molar-refractivity contribution >= 4 is 32.6 Å². The van der Waals surface area contributed by atoms with Crippen LogP contribution in [0.25, 0.3) is 10.2 Å². The van der Waals surface area contributed by atoms with Crippen molar-refractivity contribution in [2.75, 3.05) is 12.0 Å². The summed E-state index contributed by atoms with van der Waals surface area (Å²) < 4.78 is 12.0. The van der Waals surface area contributed by atoms with Gasteiger partial charge in [0.1, 0.15) is 11.5 Å². The molecular formula is C22H20N2O3S. The predicted molar refractivity (Wildman–Crippen MR) is 111 cm³/mol. The zero-order valence-corrected chi connectivity index (χ0v) is 16.7. The van der Waals surface area contributed by atoms with Gasteiger partial charge in [-0.25, -0.2) is 4.98 Å². The Balaban J connectivity index is 1.83. The van der Waals surface area contributed by atoms with Gasteiger partial charge in [0.15, 0.2) is 5.13 Å². The molecule has 4 aromatic rings. The smallest absolute Gasteiger partial charge is 0.264 e. The third-order valence-electron chi connectivity index (χ3n) is 4.64. The Morgan fingerprint density at radius 1 is 1.11 bits per heavy atom. The highest BCUT2D eigenvalue weighted by Crippen LogP contribution is 2.35. The third-order valence-corrected chi connectivity index (χ3v) is 5.85. The quantitative estimate of drug-likeness (QED) is 0.459. The van der Waals surface area contributed by atoms with Crippen molar-refractivity contribution in [3.05, 3.63) is 77.2 Å². The summed E-state index contributed by atoms with van der Waals surface area (Å²) in [5, 5.41) is 0.639. The fraction of sp³-hybridized carbons (Fsp3) is 0.182. The Bertz CT molecular complexity index is 1090. The molecule has 0 spiro atoms. The van der Waals surface area contributed by atoms with Gasteiger partial charge in [-0.15, -0.1) is 0 Å². The van der Waals surface area contributed by atoms with E-state index in [-0.39, 0.29) is 5.91 Å². The molecule has 0 N–H and O–H groups in total. The summed E-state index contributed by atoms with van der Waals surface area (Å²) in [6, 6.07) is 15.0. The van der Waals surface area contributed by atoms with Crippen LogP contribution in [0.2, 0.25) is 0 Å². The lowest BCUT2D eigenvalue weighted by Crippen LogP contribution is -2.30. The van der Waals surface area contributed by atoms with Gasteiger partial charge in [-0.2, -0.15) is 0 Å². The van der Waals surface area contributed by atoms with Crippen LogP contribution < -0.4 is 9.64 Å². The van der Waals surface area contributed by atoms with Crippen LogP contribution in [0.15, 0.2) is 59.2 Å². The summed E-state index contributed by atoms with van der Waals surface area (Å²) in [6.07, 6.45) is 1.60. The van der Waals surface area contributed by atoms with Gasteiger partial charge in [0, 0.05) is 0 Å². The van der Waals surface area contributed by atoms with Crippen molar-refractivity contribution in [1.29, 1.82) is 0 Å². The molecule has 0 saturated heterocycles. The lowest BCUT2D eigenvalue weighted by atomic mass is 10.1. The Kier molecular flexibility index (Phi) is 4.88. The van der Waals surface area contributed by atoms with Gasteiger partial charge in [0.2, 0.25) is 0 Å². The van der Waals surface area contributed by atoms with E-state index in [4.69, 9.17) is 14.1 Å². The Morgan fingerprint density at radius 2 is 1.89 bits per heavy atom. The first-order valence-corrected chi connectivity index (χ1v) is 9.74. The number of rotatable bonds is 5. The largest absolute Gasteiger partial charge is 0.496 e. The van der Waals surface area contributed by atoms with Gasteiger partial charge >= 0.3 is 0 Å². The summed E-state index contributed by atoms with van der Waals surface area (Å²) in [4.78, 5) is 19.9. The van der Waals surface area contributed by atoms with E-state index in [1.54, 1.807) is 30.4 Å². The average Bonchev–Trinajstić information content (AvgIpc) is 3.39. The molecule has 2 aromatic heterocycles. The number of hydrogen-bond acceptors (Lipinski definition) is 5. The number of para-hydroxylation sites is 1. The summed E-state index contributed by atoms with van der Waals surface area (Å²) >= 11 is 1.52. The number of anilines is 1. The number of carbonyl (C=O) groups is 1. The molecule has 0 unspecified atom stereocenters. The normalized spacial score (nSPS) is 11.0. The fourth-order valence-electron chi connectivity index (χ4n) is 3.11. The lowest BCUT2D eigenvalue weighted by molar-refractivity contribution is 0.0980. The second-order valence-corrected chi connectivity index (χ2v) is 7.52. The molecule has 0 aliphatic rings. The van der Waals surface area contributed by atoms with E-state index in [9.17, 15) is 4.79 Å². The average molecular weight is 392 g/mol. The van der Waals surface area contributed by atoms with Crippen LogP contribution in [0, 0.1) is 13.8 Å². The molecule has 0 bridgehead atoms. The number of aromatic nitrogens is 1. The van der Waals surface area contributed by atoms with Crippen LogP contribution in [-0.2, 0) is 6.54 Å². The van der Waals surface area contributed by atoms with Crippen molar-refractivity contribution in [2.24, 2.45) is 0 Å². The number of thiazole rings is 1. The predicted octanol–water partition coefficient (Wildman–Crippen LogP) is 5.36. The minimum atomic E-state index is -0.178. The molecule has 0 radical (unpaired) electrons. The van der Waals surface area contributed by atoms with E-state index in [2.05, 4.69) is 19.1 Å². The molecule has 1 amide bonds. The summed E-state index contributed by atoms with van der Waals surface area (Å²) in [5.41, 5.74) is 3.65. The third kappa shape index (κ3) is 3.27. The summed E-state index contributed by atoms with van der Waals surface area (Å²) in [5.74, 6) is 1.05. The van der Waals surface area contributed by atoms with E-state index in [1.165, 1.54) is 11.3 Å². The van der Waals surface area contributed by atoms with E-state index in [1.807, 2.05) is 31.2 Å². The first-order chi connectivity index (χ1) is 13.6. The Morgan fingerprint density at radius 3 is 2.61 bits per heavy atom. The molecule has 28 heavy (non-hydrogen) atoms. The number of ether oxygens (including phenoxy) is 1. The number of carbonyl (C=O) groups excluding carboxylic acids is 1. The number of furan rings is 1. The minimum absolute atomic E-state index is 0.178. The van der Waals surface area contributed by atoms with Crippen molar-refractivity contribution in [3.8, 4) is 5.75 Å². The summed E-state index contributed by atoms with van der Waals surface area (Å²) in [7, 11) is 1.56. The molecule has 0 atom stereocenters. The molecular weight excluding hydrogens is 372 g/mol. The van der Waals surface area contributed by atoms with Gasteiger partial charge in [0.25, 0.3) is 5.91 Å². The number of aryl methyl sites for hydroxylation is 2. The van der Waals surface area contributed by atoms with E-state index >= 15 is 0 Å². The molecule has 5 nitrogen and oxygen atoms in total. The first kappa shape index (κ1) is 18.3. The van der Waals surface area contributed by atoms with Crippen LogP contribution in [0.4, 0.5) is 5.13 Å². The Hall–Kier alpha value is -3.12. The molecule has 6 heteroatoms. The maximum Gasteiger partial charge on any atom is 0.264 e. The topological polar surface area (TPSA) is 55.6 Å². The molecule has 2 aromatic carbocycles. The number of amides is 1. The van der Waals surface area contributed by atoms with Gasteiger partial charge in [-0.3, -0.25) is 9.69 Å². The SMILES string of the molecule is COc1ccccc1C(=O)N(Cc1ccco1)c1nc2c(C)ccc(C)c2s1. The van der Waals surface area contributed by atoms with E-state index in [0.29, 0.717) is 28.7 Å². The van der Waals surface area contributed by atoms with Gasteiger partial charge < -0.3 is 9.15 Å². The number of hydrogen-bond donors (Lipinski definition) is 0. The standard InChI is InChI=1S/C22H20N2O3S/c1-14-10-11-15(2)20-19(14)23-22(28-20)24(13-16-7-6-12-27-16)21(25)17-8-4-5-9-18(17)26-3/h4-12H,13H2,1-3H3. The molecule has 0 saturated carbocycles. The van der Waals surface area contributed by atoms with Crippen LogP contribution in [0.5, 0.6) is 5.75 Å². The van der Waals surface area contributed by atoms with Crippen LogP contribution in [-0.4, -0.2) is 18.0 Å². The van der Waals surface area contributed by atoms with Crippen molar-refractivity contribution < 1.29 is 13.9 Å². The highest BCUT2D eigenvalue weighted by Gasteiger charge is 2.25. The van der Waals surface area contributed by atoms with Crippen LogP contribution >= 0.6 is 11.3 Å². The molecule has 0 aliphatic carbocycles. The maximum absolute atomic E-state index is 13.5. The van der Waals surface area contributed by atoms with Crippen molar-refractivity contribution in [2.45, 2.75) is 20.4 Å². The first-order valence-electron chi connectivity index (χ1n) is 8.92. The monoisotopic (exact) mass is 392 g/mol. The Labute approximate surface area is 167 Å². The molecule has 0 fully saturated rings. The number of nitrogens with zero attached hydrogens (tertiary/aromatic N) is 2.